The summed E-state index contributed by atoms with van der Waals surface area (Å²) in [5.41, 5.74) is 2.12. The minimum atomic E-state index is -0.187. The summed E-state index contributed by atoms with van der Waals surface area (Å²) in [7, 11) is 0. The first kappa shape index (κ1) is 15.0. The van der Waals surface area contributed by atoms with Crippen molar-refractivity contribution >= 4 is 22.6 Å². The lowest BCUT2D eigenvalue weighted by Gasteiger charge is -2.10. The molecule has 0 bridgehead atoms. The van der Waals surface area contributed by atoms with E-state index in [0.717, 1.165) is 11.1 Å². The Morgan fingerprint density at radius 3 is 2.80 bits per heavy atom. The number of hydrogen-bond acceptors (Lipinski definition) is 6. The predicted molar refractivity (Wildman–Crippen MR) is 91.2 cm³/mol. The van der Waals surface area contributed by atoms with Crippen LogP contribution in [0.1, 0.15) is 12.8 Å². The molecule has 0 aliphatic carbocycles. The molecule has 4 rings (SSSR count). The highest BCUT2D eigenvalue weighted by molar-refractivity contribution is 5.91. The number of pyridine rings is 2. The van der Waals surface area contributed by atoms with Crippen molar-refractivity contribution in [2.75, 3.05) is 5.32 Å². The van der Waals surface area contributed by atoms with Crippen LogP contribution in [-0.2, 0) is 4.79 Å². The first-order valence-electron chi connectivity index (χ1n) is 7.59. The number of amides is 1. The second kappa shape index (κ2) is 5.82. The zero-order chi connectivity index (χ0) is 17.4. The smallest absolute Gasteiger partial charge is 0.222 e. The van der Waals surface area contributed by atoms with E-state index in [4.69, 9.17) is 9.40 Å². The first-order chi connectivity index (χ1) is 12.1. The molecule has 1 amide bonds. The quantitative estimate of drug-likeness (QED) is 0.618. The topological polar surface area (TPSA) is 98.7 Å². The van der Waals surface area contributed by atoms with Gasteiger partial charge in [0.05, 0.1) is 23.7 Å². The molecule has 1 N–H and O–H groups in total. The number of imidazole rings is 1. The number of carbonyl (C=O) groups is 1. The largest absolute Gasteiger partial charge is 0.439 e. The van der Waals surface area contributed by atoms with Crippen LogP contribution in [0.4, 0.5) is 5.82 Å². The number of nitrogens with one attached hydrogen (secondary N) is 1. The summed E-state index contributed by atoms with van der Waals surface area (Å²) in [6, 6.07) is 3.67. The van der Waals surface area contributed by atoms with Gasteiger partial charge in [0.2, 0.25) is 5.91 Å². The molecule has 124 valence electrons. The molecule has 0 unspecified atom stereocenters. The molecular formula is C17H14N6O2. The Labute approximate surface area is 142 Å². The third-order valence-electron chi connectivity index (χ3n) is 3.62. The lowest BCUT2D eigenvalue weighted by Crippen LogP contribution is -2.07. The maximum Gasteiger partial charge on any atom is 0.222 e. The third-order valence-corrected chi connectivity index (χ3v) is 3.62. The van der Waals surface area contributed by atoms with E-state index >= 15 is 0 Å². The number of aryl methyl sites for hydroxylation is 1. The van der Waals surface area contributed by atoms with Gasteiger partial charge in [0, 0.05) is 43.9 Å². The van der Waals surface area contributed by atoms with Crippen molar-refractivity contribution in [3.63, 3.8) is 0 Å². The fraction of sp³-hybridized carbons (Fsp3) is 0.118. The lowest BCUT2D eigenvalue weighted by molar-refractivity contribution is -0.114. The molecule has 0 atom stereocenters. The van der Waals surface area contributed by atoms with Gasteiger partial charge in [-0.1, -0.05) is 0 Å². The number of oxazole rings is 1. The van der Waals surface area contributed by atoms with Gasteiger partial charge in [-0.05, 0) is 6.07 Å². The van der Waals surface area contributed by atoms with Crippen LogP contribution in [0, 0.1) is 6.92 Å². The summed E-state index contributed by atoms with van der Waals surface area (Å²) in [5, 5.41) is 3.49. The van der Waals surface area contributed by atoms with Crippen LogP contribution in [0.2, 0.25) is 0 Å². The van der Waals surface area contributed by atoms with E-state index in [0.29, 0.717) is 28.7 Å². The van der Waals surface area contributed by atoms with E-state index in [2.05, 4.69) is 20.3 Å². The third kappa shape index (κ3) is 2.85. The van der Waals surface area contributed by atoms with Gasteiger partial charge in [0.1, 0.15) is 11.5 Å². The molecule has 8 heteroatoms. The average molecular weight is 334 g/mol. The van der Waals surface area contributed by atoms with Crippen molar-refractivity contribution in [1.29, 1.82) is 0 Å². The number of hydrogen-bond donors (Lipinski definition) is 1. The predicted octanol–water partition coefficient (Wildman–Crippen LogP) is 2.74. The highest BCUT2D eigenvalue weighted by atomic mass is 16.4. The molecule has 0 radical (unpaired) electrons. The first-order valence-corrected chi connectivity index (χ1v) is 7.59. The molecule has 4 aromatic heterocycles. The van der Waals surface area contributed by atoms with E-state index in [1.807, 2.05) is 16.8 Å². The van der Waals surface area contributed by atoms with E-state index in [1.54, 1.807) is 37.9 Å². The minimum Gasteiger partial charge on any atom is -0.439 e. The summed E-state index contributed by atoms with van der Waals surface area (Å²) < 4.78 is 7.51. The molecule has 4 heterocycles. The van der Waals surface area contributed by atoms with Gasteiger partial charge in [0.15, 0.2) is 11.7 Å². The fourth-order valence-corrected chi connectivity index (χ4v) is 2.56. The maximum absolute atomic E-state index is 11.2. The number of carbonyl (C=O) groups excluding carboxylic acids is 1. The van der Waals surface area contributed by atoms with Crippen LogP contribution in [0.25, 0.3) is 28.0 Å². The average Bonchev–Trinajstić information content (AvgIpc) is 3.24. The molecular weight excluding hydrogens is 320 g/mol. The monoisotopic (exact) mass is 334 g/mol. The van der Waals surface area contributed by atoms with Crippen LogP contribution >= 0.6 is 0 Å². The molecule has 0 aliphatic heterocycles. The van der Waals surface area contributed by atoms with E-state index in [-0.39, 0.29) is 5.91 Å². The van der Waals surface area contributed by atoms with Crippen molar-refractivity contribution < 1.29 is 9.21 Å². The molecule has 25 heavy (non-hydrogen) atoms. The molecule has 0 aromatic carbocycles. The molecule has 8 nitrogen and oxygen atoms in total. The Morgan fingerprint density at radius 1 is 1.24 bits per heavy atom. The minimum absolute atomic E-state index is 0.187. The standard InChI is InChI=1S/C17H14N6O2/c1-10(24)21-16-6-13-12(7-20-16)5-14(23-4-3-18-9-23)17(22-13)15-8-19-11(2)25-15/h3-9H,1-2H3,(H,20,21,24). The van der Waals surface area contributed by atoms with E-state index < -0.39 is 0 Å². The Balaban J connectivity index is 1.94. The Hall–Kier alpha value is -3.55. The molecule has 0 saturated carbocycles. The van der Waals surface area contributed by atoms with Gasteiger partial charge in [-0.3, -0.25) is 4.79 Å². The van der Waals surface area contributed by atoms with Crippen LogP contribution in [0.15, 0.2) is 47.7 Å². The van der Waals surface area contributed by atoms with Gasteiger partial charge in [0.25, 0.3) is 0 Å². The Bertz CT molecular complexity index is 1070. The molecule has 0 saturated heterocycles. The van der Waals surface area contributed by atoms with Crippen molar-refractivity contribution in [2.24, 2.45) is 0 Å². The number of anilines is 1. The van der Waals surface area contributed by atoms with Gasteiger partial charge in [-0.15, -0.1) is 0 Å². The van der Waals surface area contributed by atoms with Crippen LogP contribution < -0.4 is 5.32 Å². The summed E-state index contributed by atoms with van der Waals surface area (Å²) in [6.07, 6.45) is 8.52. The summed E-state index contributed by atoms with van der Waals surface area (Å²) >= 11 is 0. The number of aromatic nitrogens is 5. The molecule has 0 aliphatic rings. The zero-order valence-electron chi connectivity index (χ0n) is 13.6. The SMILES string of the molecule is CC(=O)Nc1cc2nc(-c3cnc(C)o3)c(-n3ccnc3)cc2cn1. The molecule has 0 fully saturated rings. The lowest BCUT2D eigenvalue weighted by atomic mass is 10.2. The Morgan fingerprint density at radius 2 is 2.12 bits per heavy atom. The van der Waals surface area contributed by atoms with Crippen molar-refractivity contribution in [1.82, 2.24) is 24.5 Å². The number of nitrogens with zero attached hydrogens (tertiary/aromatic N) is 5. The highest BCUT2D eigenvalue weighted by Gasteiger charge is 2.15. The van der Waals surface area contributed by atoms with Crippen molar-refractivity contribution in [3.05, 3.63) is 49.1 Å². The zero-order valence-corrected chi connectivity index (χ0v) is 13.6. The second-order valence-corrected chi connectivity index (χ2v) is 5.51. The van der Waals surface area contributed by atoms with Crippen LogP contribution in [0.3, 0.4) is 0 Å². The maximum atomic E-state index is 11.2. The normalized spacial score (nSPS) is 11.0. The van der Waals surface area contributed by atoms with Crippen molar-refractivity contribution in [3.8, 4) is 17.1 Å². The van der Waals surface area contributed by atoms with E-state index in [1.165, 1.54) is 6.92 Å². The number of fused-ring (bicyclic) bond motifs is 1. The van der Waals surface area contributed by atoms with Gasteiger partial charge < -0.3 is 14.3 Å². The summed E-state index contributed by atoms with van der Waals surface area (Å²) in [5.74, 6) is 1.37. The summed E-state index contributed by atoms with van der Waals surface area (Å²) in [4.78, 5) is 28.4. The van der Waals surface area contributed by atoms with Crippen LogP contribution in [-0.4, -0.2) is 30.4 Å². The molecule has 0 spiro atoms. The van der Waals surface area contributed by atoms with E-state index in [9.17, 15) is 4.79 Å². The highest BCUT2D eigenvalue weighted by Crippen LogP contribution is 2.29. The van der Waals surface area contributed by atoms with Gasteiger partial charge in [-0.25, -0.2) is 19.9 Å². The molecule has 4 aromatic rings. The Kier molecular flexibility index (Phi) is 3.50. The summed E-state index contributed by atoms with van der Waals surface area (Å²) in [6.45, 7) is 3.21. The van der Waals surface area contributed by atoms with Gasteiger partial charge >= 0.3 is 0 Å². The number of rotatable bonds is 3. The fourth-order valence-electron chi connectivity index (χ4n) is 2.56. The second-order valence-electron chi connectivity index (χ2n) is 5.51. The van der Waals surface area contributed by atoms with Crippen LogP contribution in [0.5, 0.6) is 0 Å². The van der Waals surface area contributed by atoms with Gasteiger partial charge in [-0.2, -0.15) is 0 Å². The van der Waals surface area contributed by atoms with Crippen molar-refractivity contribution in [2.45, 2.75) is 13.8 Å².